The highest BCUT2D eigenvalue weighted by atomic mass is 32.2. The molecule has 8 nitrogen and oxygen atoms in total. The average molecular weight is 442 g/mol. The van der Waals surface area contributed by atoms with E-state index in [9.17, 15) is 14.4 Å². The van der Waals surface area contributed by atoms with Crippen molar-refractivity contribution in [3.63, 3.8) is 0 Å². The lowest BCUT2D eigenvalue weighted by atomic mass is 10.2. The molecule has 1 aromatic heterocycles. The number of carbonyl (C=O) groups excluding carboxylic acids is 2. The van der Waals surface area contributed by atoms with E-state index in [1.54, 1.807) is 54.1 Å². The molecule has 0 spiro atoms. The van der Waals surface area contributed by atoms with Crippen molar-refractivity contribution in [2.45, 2.75) is 18.1 Å². The van der Waals surface area contributed by atoms with E-state index in [0.717, 1.165) is 0 Å². The zero-order valence-electron chi connectivity index (χ0n) is 17.3. The number of hydrogen-bond acceptors (Lipinski definition) is 7. The first kappa shape index (κ1) is 22.5. The number of ether oxygens (including phenoxy) is 2. The van der Waals surface area contributed by atoms with Crippen LogP contribution in [0, 0.1) is 0 Å². The van der Waals surface area contributed by atoms with E-state index in [1.807, 2.05) is 6.07 Å². The summed E-state index contributed by atoms with van der Waals surface area (Å²) in [6, 6.07) is 13.6. The van der Waals surface area contributed by atoms with Crippen LogP contribution in [0.5, 0.6) is 0 Å². The van der Waals surface area contributed by atoms with Crippen LogP contribution in [0.3, 0.4) is 0 Å². The third-order valence-corrected chi connectivity index (χ3v) is 5.43. The number of fused-ring (bicyclic) bond motifs is 1. The largest absolute Gasteiger partial charge is 0.465 e. The van der Waals surface area contributed by atoms with Crippen LogP contribution in [0.4, 0.5) is 5.69 Å². The Hall–Kier alpha value is -3.17. The van der Waals surface area contributed by atoms with E-state index in [0.29, 0.717) is 46.9 Å². The fourth-order valence-electron chi connectivity index (χ4n) is 2.99. The van der Waals surface area contributed by atoms with Crippen LogP contribution >= 0.6 is 11.8 Å². The molecule has 0 radical (unpaired) electrons. The Morgan fingerprint density at radius 1 is 1.13 bits per heavy atom. The second-order valence-electron chi connectivity index (χ2n) is 6.62. The number of thioether (sulfide) groups is 1. The van der Waals surface area contributed by atoms with E-state index in [1.165, 1.54) is 18.9 Å². The predicted octanol–water partition coefficient (Wildman–Crippen LogP) is 2.95. The molecule has 3 rings (SSSR count). The van der Waals surface area contributed by atoms with Crippen molar-refractivity contribution in [2.75, 3.05) is 31.9 Å². The summed E-state index contributed by atoms with van der Waals surface area (Å²) < 4.78 is 11.4. The molecule has 1 heterocycles. The summed E-state index contributed by atoms with van der Waals surface area (Å²) in [5, 5.41) is 3.76. The van der Waals surface area contributed by atoms with Gasteiger partial charge >= 0.3 is 5.97 Å². The number of nitrogens with zero attached hydrogens (tertiary/aromatic N) is 2. The second kappa shape index (κ2) is 10.7. The first-order valence-electron chi connectivity index (χ1n) is 9.63. The van der Waals surface area contributed by atoms with E-state index in [4.69, 9.17) is 9.47 Å². The third kappa shape index (κ3) is 5.71. The number of benzene rings is 2. The summed E-state index contributed by atoms with van der Waals surface area (Å²) in [6.45, 7) is 0.954. The molecular formula is C22H23N3O5S. The molecule has 3 aromatic rings. The molecular weight excluding hydrogens is 418 g/mol. The number of methoxy groups -OCH3 is 2. The molecule has 0 aliphatic heterocycles. The summed E-state index contributed by atoms with van der Waals surface area (Å²) >= 11 is 1.18. The van der Waals surface area contributed by atoms with Crippen molar-refractivity contribution in [2.24, 2.45) is 0 Å². The minimum Gasteiger partial charge on any atom is -0.465 e. The van der Waals surface area contributed by atoms with Gasteiger partial charge in [0.2, 0.25) is 5.91 Å². The Kier molecular flexibility index (Phi) is 7.80. The summed E-state index contributed by atoms with van der Waals surface area (Å²) in [6.07, 6.45) is 0.649. The smallest absolute Gasteiger partial charge is 0.337 e. The molecule has 9 heteroatoms. The first-order chi connectivity index (χ1) is 15.0. The standard InChI is InChI=1S/C22H23N3O5S/c1-29-12-6-11-25-20(27)17-9-3-4-10-18(17)24-22(25)31-14-19(26)23-16-8-5-7-15(13-16)21(28)30-2/h3-5,7-10,13H,6,11-12,14H2,1-2H3,(H,23,26). The van der Waals surface area contributed by atoms with Gasteiger partial charge in [0.05, 0.1) is 29.3 Å². The molecule has 31 heavy (non-hydrogen) atoms. The van der Waals surface area contributed by atoms with Gasteiger partial charge < -0.3 is 14.8 Å². The lowest BCUT2D eigenvalue weighted by molar-refractivity contribution is -0.113. The molecule has 0 unspecified atom stereocenters. The molecule has 0 saturated heterocycles. The number of para-hydroxylation sites is 1. The average Bonchev–Trinajstić information content (AvgIpc) is 2.79. The quantitative estimate of drug-likeness (QED) is 0.236. The topological polar surface area (TPSA) is 99.5 Å². The van der Waals surface area contributed by atoms with Crippen molar-refractivity contribution >= 4 is 40.2 Å². The number of esters is 1. The summed E-state index contributed by atoms with van der Waals surface area (Å²) in [7, 11) is 2.91. The highest BCUT2D eigenvalue weighted by Crippen LogP contribution is 2.19. The Labute approximate surface area is 183 Å². The zero-order chi connectivity index (χ0) is 22.2. The third-order valence-electron chi connectivity index (χ3n) is 4.46. The molecule has 0 atom stereocenters. The second-order valence-corrected chi connectivity index (χ2v) is 7.57. The van der Waals surface area contributed by atoms with E-state index in [-0.39, 0.29) is 17.2 Å². The summed E-state index contributed by atoms with van der Waals surface area (Å²) in [4.78, 5) is 41.7. The van der Waals surface area contributed by atoms with Crippen LogP contribution in [-0.2, 0) is 20.8 Å². The molecule has 0 saturated carbocycles. The minimum atomic E-state index is -0.481. The van der Waals surface area contributed by atoms with Crippen molar-refractivity contribution in [3.8, 4) is 0 Å². The van der Waals surface area contributed by atoms with E-state index >= 15 is 0 Å². The van der Waals surface area contributed by atoms with Gasteiger partial charge in [-0.25, -0.2) is 9.78 Å². The number of nitrogens with one attached hydrogen (secondary N) is 1. The van der Waals surface area contributed by atoms with E-state index in [2.05, 4.69) is 10.3 Å². The van der Waals surface area contributed by atoms with Gasteiger partial charge in [-0.3, -0.25) is 14.2 Å². The monoisotopic (exact) mass is 441 g/mol. The fraction of sp³-hybridized carbons (Fsp3) is 0.273. The normalized spacial score (nSPS) is 10.8. The molecule has 0 aliphatic carbocycles. The van der Waals surface area contributed by atoms with Crippen LogP contribution in [0.2, 0.25) is 0 Å². The van der Waals surface area contributed by atoms with Gasteiger partial charge in [-0.05, 0) is 36.8 Å². The number of carbonyl (C=O) groups is 2. The van der Waals surface area contributed by atoms with Gasteiger partial charge in [-0.2, -0.15) is 0 Å². The van der Waals surface area contributed by atoms with Gasteiger partial charge in [0.15, 0.2) is 5.16 Å². The molecule has 1 N–H and O–H groups in total. The number of hydrogen-bond donors (Lipinski definition) is 1. The summed E-state index contributed by atoms with van der Waals surface area (Å²) in [5.74, 6) is -0.707. The maximum absolute atomic E-state index is 12.9. The Bertz CT molecular complexity index is 1150. The highest BCUT2D eigenvalue weighted by molar-refractivity contribution is 7.99. The Morgan fingerprint density at radius 2 is 1.94 bits per heavy atom. The van der Waals surface area contributed by atoms with Crippen LogP contribution in [0.15, 0.2) is 58.5 Å². The SMILES string of the molecule is COCCCn1c(SCC(=O)Nc2cccc(C(=O)OC)c2)nc2ccccc2c1=O. The molecule has 162 valence electrons. The molecule has 0 fully saturated rings. The van der Waals surface area contributed by atoms with Gasteiger partial charge in [0.25, 0.3) is 5.56 Å². The number of aromatic nitrogens is 2. The van der Waals surface area contributed by atoms with Crippen molar-refractivity contribution < 1.29 is 19.1 Å². The molecule has 1 amide bonds. The van der Waals surface area contributed by atoms with Crippen LogP contribution in [-0.4, -0.2) is 48.0 Å². The Balaban J connectivity index is 1.76. The van der Waals surface area contributed by atoms with Gasteiger partial charge in [0.1, 0.15) is 0 Å². The number of rotatable bonds is 9. The lowest BCUT2D eigenvalue weighted by Gasteiger charge is -2.13. The van der Waals surface area contributed by atoms with E-state index < -0.39 is 5.97 Å². The van der Waals surface area contributed by atoms with Crippen molar-refractivity contribution in [1.82, 2.24) is 9.55 Å². The van der Waals surface area contributed by atoms with Gasteiger partial charge in [0, 0.05) is 25.9 Å². The minimum absolute atomic E-state index is 0.0531. The predicted molar refractivity (Wildman–Crippen MR) is 120 cm³/mol. The Morgan fingerprint density at radius 3 is 2.71 bits per heavy atom. The van der Waals surface area contributed by atoms with Crippen LogP contribution in [0.1, 0.15) is 16.8 Å². The molecule has 0 bridgehead atoms. The van der Waals surface area contributed by atoms with Gasteiger partial charge in [-0.15, -0.1) is 0 Å². The fourth-order valence-corrected chi connectivity index (χ4v) is 3.82. The van der Waals surface area contributed by atoms with Crippen LogP contribution in [0.25, 0.3) is 10.9 Å². The number of anilines is 1. The maximum atomic E-state index is 12.9. The zero-order valence-corrected chi connectivity index (χ0v) is 18.1. The highest BCUT2D eigenvalue weighted by Gasteiger charge is 2.14. The van der Waals surface area contributed by atoms with Crippen molar-refractivity contribution in [3.05, 3.63) is 64.4 Å². The maximum Gasteiger partial charge on any atom is 0.337 e. The lowest BCUT2D eigenvalue weighted by Crippen LogP contribution is -2.25. The van der Waals surface area contributed by atoms with Gasteiger partial charge in [-0.1, -0.05) is 30.0 Å². The summed E-state index contributed by atoms with van der Waals surface area (Å²) in [5.41, 5.74) is 1.27. The van der Waals surface area contributed by atoms with Crippen LogP contribution < -0.4 is 10.9 Å². The molecule has 0 aliphatic rings. The first-order valence-corrected chi connectivity index (χ1v) is 10.6. The van der Waals surface area contributed by atoms with Crippen molar-refractivity contribution in [1.29, 1.82) is 0 Å². The number of amides is 1. The molecule has 2 aromatic carbocycles.